The molecule has 0 saturated heterocycles. The van der Waals surface area contributed by atoms with Gasteiger partial charge in [0, 0.05) is 6.61 Å². The van der Waals surface area contributed by atoms with E-state index in [1.807, 2.05) is 13.8 Å². The van der Waals surface area contributed by atoms with Crippen LogP contribution in [-0.2, 0) is 14.3 Å². The summed E-state index contributed by atoms with van der Waals surface area (Å²) in [5.41, 5.74) is 0. The van der Waals surface area contributed by atoms with Gasteiger partial charge in [0.05, 0.1) is 0 Å². The van der Waals surface area contributed by atoms with Gasteiger partial charge < -0.3 is 9.47 Å². The molecule has 0 fully saturated rings. The van der Waals surface area contributed by atoms with Crippen LogP contribution in [0.25, 0.3) is 0 Å². The van der Waals surface area contributed by atoms with E-state index in [9.17, 15) is 4.79 Å². The minimum absolute atomic E-state index is 0.0356. The van der Waals surface area contributed by atoms with Crippen molar-refractivity contribution in [2.24, 2.45) is 0 Å². The molecule has 1 aliphatic heterocycles. The van der Waals surface area contributed by atoms with Crippen LogP contribution in [0.4, 0.5) is 0 Å². The van der Waals surface area contributed by atoms with E-state index in [1.165, 1.54) is 6.08 Å². The van der Waals surface area contributed by atoms with Crippen LogP contribution in [0, 0.1) is 0 Å². The molecule has 0 N–H and O–H groups in total. The van der Waals surface area contributed by atoms with Crippen molar-refractivity contribution in [3.05, 3.63) is 12.2 Å². The SMILES string of the molecule is CCOC1C=CC(=O)C(CC)O1. The molecule has 0 spiro atoms. The van der Waals surface area contributed by atoms with Gasteiger partial charge >= 0.3 is 0 Å². The third-order valence-electron chi connectivity index (χ3n) is 1.74. The summed E-state index contributed by atoms with van der Waals surface area (Å²) >= 11 is 0. The maximum absolute atomic E-state index is 11.1. The Morgan fingerprint density at radius 3 is 2.92 bits per heavy atom. The van der Waals surface area contributed by atoms with Crippen molar-refractivity contribution in [2.75, 3.05) is 6.61 Å². The molecular weight excluding hydrogens is 156 g/mol. The van der Waals surface area contributed by atoms with Gasteiger partial charge in [-0.25, -0.2) is 0 Å². The molecule has 0 bridgehead atoms. The second kappa shape index (κ2) is 4.38. The van der Waals surface area contributed by atoms with Gasteiger partial charge in [-0.15, -0.1) is 0 Å². The number of carbonyl (C=O) groups is 1. The smallest absolute Gasteiger partial charge is 0.184 e. The van der Waals surface area contributed by atoms with Gasteiger partial charge in [0.25, 0.3) is 0 Å². The molecule has 0 radical (unpaired) electrons. The Balaban J connectivity index is 2.52. The lowest BCUT2D eigenvalue weighted by Gasteiger charge is -2.23. The fourth-order valence-electron chi connectivity index (χ4n) is 1.11. The fraction of sp³-hybridized carbons (Fsp3) is 0.667. The summed E-state index contributed by atoms with van der Waals surface area (Å²) in [6, 6.07) is 0. The average Bonchev–Trinajstić information content (AvgIpc) is 2.09. The Labute approximate surface area is 72.4 Å². The van der Waals surface area contributed by atoms with E-state index in [0.29, 0.717) is 13.0 Å². The highest BCUT2D eigenvalue weighted by molar-refractivity contribution is 5.94. The molecule has 3 nitrogen and oxygen atoms in total. The molecule has 3 heteroatoms. The molecule has 1 rings (SSSR count). The molecule has 0 aromatic rings. The molecule has 68 valence electrons. The molecule has 0 aliphatic carbocycles. The maximum Gasteiger partial charge on any atom is 0.184 e. The highest BCUT2D eigenvalue weighted by atomic mass is 16.7. The molecule has 0 aromatic carbocycles. The summed E-state index contributed by atoms with van der Waals surface area (Å²) < 4.78 is 10.5. The topological polar surface area (TPSA) is 35.5 Å². The number of carbonyl (C=O) groups excluding carboxylic acids is 1. The summed E-state index contributed by atoms with van der Waals surface area (Å²) in [5, 5.41) is 0. The molecule has 0 aromatic heterocycles. The van der Waals surface area contributed by atoms with Crippen molar-refractivity contribution in [1.29, 1.82) is 0 Å². The second-order valence-corrected chi connectivity index (χ2v) is 2.62. The summed E-state index contributed by atoms with van der Waals surface area (Å²) in [6.07, 6.45) is 3.24. The van der Waals surface area contributed by atoms with Crippen LogP contribution in [0.3, 0.4) is 0 Å². The lowest BCUT2D eigenvalue weighted by molar-refractivity contribution is -0.161. The largest absolute Gasteiger partial charge is 0.349 e. The van der Waals surface area contributed by atoms with Gasteiger partial charge in [0.2, 0.25) is 0 Å². The van der Waals surface area contributed by atoms with Gasteiger partial charge in [-0.05, 0) is 25.5 Å². The molecule has 0 saturated carbocycles. The predicted octanol–water partition coefficient (Wildman–Crippen LogP) is 1.28. The second-order valence-electron chi connectivity index (χ2n) is 2.62. The molecule has 1 aliphatic rings. The van der Waals surface area contributed by atoms with Crippen LogP contribution in [0.5, 0.6) is 0 Å². The lowest BCUT2D eigenvalue weighted by atomic mass is 10.1. The summed E-state index contributed by atoms with van der Waals surface area (Å²) in [4.78, 5) is 11.1. The van der Waals surface area contributed by atoms with Crippen LogP contribution < -0.4 is 0 Å². The van der Waals surface area contributed by atoms with Gasteiger partial charge in [-0.1, -0.05) is 6.92 Å². The van der Waals surface area contributed by atoms with E-state index in [2.05, 4.69) is 0 Å². The maximum atomic E-state index is 11.1. The van der Waals surface area contributed by atoms with Crippen molar-refractivity contribution < 1.29 is 14.3 Å². The normalized spacial score (nSPS) is 29.3. The summed E-state index contributed by atoms with van der Waals surface area (Å²) in [5.74, 6) is 0.0356. The Bertz CT molecular complexity index is 186. The quantitative estimate of drug-likeness (QED) is 0.640. The van der Waals surface area contributed by atoms with Crippen LogP contribution in [0.15, 0.2) is 12.2 Å². The zero-order valence-corrected chi connectivity index (χ0v) is 7.45. The number of ether oxygens (including phenoxy) is 2. The van der Waals surface area contributed by atoms with E-state index in [0.717, 1.165) is 0 Å². The molecule has 1 heterocycles. The van der Waals surface area contributed by atoms with E-state index in [1.54, 1.807) is 6.08 Å². The Morgan fingerprint density at radius 1 is 1.58 bits per heavy atom. The van der Waals surface area contributed by atoms with Crippen molar-refractivity contribution in [3.63, 3.8) is 0 Å². The third-order valence-corrected chi connectivity index (χ3v) is 1.74. The lowest BCUT2D eigenvalue weighted by Crippen LogP contribution is -2.32. The first-order valence-electron chi connectivity index (χ1n) is 4.27. The van der Waals surface area contributed by atoms with E-state index in [4.69, 9.17) is 9.47 Å². The molecule has 2 atom stereocenters. The van der Waals surface area contributed by atoms with Crippen LogP contribution >= 0.6 is 0 Å². The number of ketones is 1. The Kier molecular flexibility index (Phi) is 3.44. The molecule has 12 heavy (non-hydrogen) atoms. The highest BCUT2D eigenvalue weighted by Gasteiger charge is 2.23. The minimum atomic E-state index is -0.336. The highest BCUT2D eigenvalue weighted by Crippen LogP contribution is 2.12. The van der Waals surface area contributed by atoms with Crippen LogP contribution in [0.2, 0.25) is 0 Å². The fourth-order valence-corrected chi connectivity index (χ4v) is 1.11. The van der Waals surface area contributed by atoms with E-state index >= 15 is 0 Å². The third kappa shape index (κ3) is 2.16. The van der Waals surface area contributed by atoms with E-state index < -0.39 is 0 Å². The predicted molar refractivity (Wildman–Crippen MR) is 44.7 cm³/mol. The average molecular weight is 170 g/mol. The number of hydrogen-bond donors (Lipinski definition) is 0. The van der Waals surface area contributed by atoms with Crippen molar-refractivity contribution in [2.45, 2.75) is 32.7 Å². The Morgan fingerprint density at radius 2 is 2.33 bits per heavy atom. The van der Waals surface area contributed by atoms with Crippen molar-refractivity contribution in [3.8, 4) is 0 Å². The molecular formula is C9H14O3. The zero-order valence-electron chi connectivity index (χ0n) is 7.45. The van der Waals surface area contributed by atoms with Gasteiger partial charge in [-0.3, -0.25) is 4.79 Å². The number of rotatable bonds is 3. The Hall–Kier alpha value is -0.670. The first-order chi connectivity index (χ1) is 5.77. The van der Waals surface area contributed by atoms with Gasteiger partial charge in [0.15, 0.2) is 12.1 Å². The monoisotopic (exact) mass is 170 g/mol. The van der Waals surface area contributed by atoms with Gasteiger partial charge in [-0.2, -0.15) is 0 Å². The minimum Gasteiger partial charge on any atom is -0.349 e. The molecule has 2 unspecified atom stereocenters. The summed E-state index contributed by atoms with van der Waals surface area (Å²) in [6.45, 7) is 4.42. The first-order valence-corrected chi connectivity index (χ1v) is 4.27. The van der Waals surface area contributed by atoms with Gasteiger partial charge in [0.1, 0.15) is 6.10 Å². The number of hydrogen-bond acceptors (Lipinski definition) is 3. The van der Waals surface area contributed by atoms with Crippen molar-refractivity contribution >= 4 is 5.78 Å². The van der Waals surface area contributed by atoms with Crippen molar-refractivity contribution in [1.82, 2.24) is 0 Å². The zero-order chi connectivity index (χ0) is 8.97. The van der Waals surface area contributed by atoms with E-state index in [-0.39, 0.29) is 18.2 Å². The standard InChI is InChI=1S/C9H14O3/c1-3-8-7(10)5-6-9(12-8)11-4-2/h5-6,8-9H,3-4H2,1-2H3. The summed E-state index contributed by atoms with van der Waals surface area (Å²) in [7, 11) is 0. The van der Waals surface area contributed by atoms with Crippen LogP contribution in [0.1, 0.15) is 20.3 Å². The van der Waals surface area contributed by atoms with Crippen LogP contribution in [-0.4, -0.2) is 24.8 Å². The first kappa shape index (κ1) is 9.42. The molecule has 0 amide bonds.